The summed E-state index contributed by atoms with van der Waals surface area (Å²) < 4.78 is 4.83. The third-order valence-corrected chi connectivity index (χ3v) is 3.12. The lowest BCUT2D eigenvalue weighted by molar-refractivity contribution is -0.148. The minimum Gasteiger partial charge on any atom is -0.468 e. The van der Waals surface area contributed by atoms with Gasteiger partial charge in [0.25, 0.3) is 0 Å². The Labute approximate surface area is 97.3 Å². The van der Waals surface area contributed by atoms with Crippen molar-refractivity contribution < 1.29 is 9.53 Å². The van der Waals surface area contributed by atoms with Crippen LogP contribution in [0, 0.1) is 0 Å². The van der Waals surface area contributed by atoms with Gasteiger partial charge in [0.2, 0.25) is 0 Å². The van der Waals surface area contributed by atoms with Crippen LogP contribution in [-0.4, -0.2) is 37.2 Å². The molecule has 0 aromatic heterocycles. The molecule has 0 aromatic rings. The van der Waals surface area contributed by atoms with Gasteiger partial charge in [0.1, 0.15) is 5.54 Å². The van der Waals surface area contributed by atoms with Gasteiger partial charge in [-0.1, -0.05) is 6.92 Å². The number of nitrogens with one attached hydrogen (secondary N) is 1. The highest BCUT2D eigenvalue weighted by Crippen LogP contribution is 2.16. The first-order valence-electron chi connectivity index (χ1n) is 5.43. The maximum Gasteiger partial charge on any atom is 0.325 e. The zero-order valence-electron chi connectivity index (χ0n) is 10.3. The van der Waals surface area contributed by atoms with Crippen LogP contribution in [0.4, 0.5) is 0 Å². The van der Waals surface area contributed by atoms with Gasteiger partial charge in [0.05, 0.1) is 7.11 Å². The Hall–Kier alpha value is -0.220. The number of rotatable bonds is 8. The standard InChI is InChI=1S/C11H23NO2S/c1-5-8-12-11(2,10(13)14-3)7-6-9-15-4/h12H,5-9H2,1-4H3. The molecule has 0 aliphatic rings. The van der Waals surface area contributed by atoms with Crippen molar-refractivity contribution in [3.63, 3.8) is 0 Å². The van der Waals surface area contributed by atoms with Crippen molar-refractivity contribution in [2.45, 2.75) is 38.6 Å². The molecule has 90 valence electrons. The Bertz CT molecular complexity index is 187. The molecule has 0 heterocycles. The smallest absolute Gasteiger partial charge is 0.325 e. The summed E-state index contributed by atoms with van der Waals surface area (Å²) in [5, 5.41) is 3.27. The lowest BCUT2D eigenvalue weighted by atomic mass is 9.96. The monoisotopic (exact) mass is 233 g/mol. The van der Waals surface area contributed by atoms with E-state index < -0.39 is 5.54 Å². The molecule has 1 unspecified atom stereocenters. The Kier molecular flexibility index (Phi) is 7.88. The maximum absolute atomic E-state index is 11.6. The number of ether oxygens (including phenoxy) is 1. The second-order valence-corrected chi connectivity index (χ2v) is 4.83. The summed E-state index contributed by atoms with van der Waals surface area (Å²) in [4.78, 5) is 11.6. The first-order chi connectivity index (χ1) is 7.10. The van der Waals surface area contributed by atoms with E-state index in [0.717, 1.165) is 31.6 Å². The average Bonchev–Trinajstić information content (AvgIpc) is 2.25. The highest BCUT2D eigenvalue weighted by atomic mass is 32.2. The molecule has 0 spiro atoms. The summed E-state index contributed by atoms with van der Waals surface area (Å²) >= 11 is 1.81. The molecule has 0 saturated carbocycles. The molecule has 0 rings (SSSR count). The van der Waals surface area contributed by atoms with Crippen LogP contribution in [0.25, 0.3) is 0 Å². The first-order valence-corrected chi connectivity index (χ1v) is 6.82. The number of hydrogen-bond donors (Lipinski definition) is 1. The van der Waals surface area contributed by atoms with E-state index in [2.05, 4.69) is 18.5 Å². The minimum absolute atomic E-state index is 0.156. The highest BCUT2D eigenvalue weighted by Gasteiger charge is 2.32. The summed E-state index contributed by atoms with van der Waals surface area (Å²) in [5.41, 5.74) is -0.513. The number of carbonyl (C=O) groups is 1. The van der Waals surface area contributed by atoms with Crippen LogP contribution < -0.4 is 5.32 Å². The van der Waals surface area contributed by atoms with Crippen molar-refractivity contribution >= 4 is 17.7 Å². The molecule has 15 heavy (non-hydrogen) atoms. The normalized spacial score (nSPS) is 14.7. The van der Waals surface area contributed by atoms with E-state index in [1.54, 1.807) is 11.8 Å². The van der Waals surface area contributed by atoms with Crippen molar-refractivity contribution in [1.29, 1.82) is 0 Å². The number of methoxy groups -OCH3 is 1. The fraction of sp³-hybridized carbons (Fsp3) is 0.909. The van der Waals surface area contributed by atoms with E-state index in [9.17, 15) is 4.79 Å². The molecule has 0 saturated heterocycles. The van der Waals surface area contributed by atoms with E-state index in [0.29, 0.717) is 0 Å². The predicted octanol–water partition coefficient (Wildman–Crippen LogP) is 2.06. The topological polar surface area (TPSA) is 38.3 Å². The van der Waals surface area contributed by atoms with E-state index >= 15 is 0 Å². The summed E-state index contributed by atoms with van der Waals surface area (Å²) in [6, 6.07) is 0. The van der Waals surface area contributed by atoms with Crippen LogP contribution in [0.2, 0.25) is 0 Å². The molecule has 0 radical (unpaired) electrons. The van der Waals surface area contributed by atoms with Gasteiger partial charge in [-0.05, 0) is 44.7 Å². The summed E-state index contributed by atoms with van der Waals surface area (Å²) in [5.74, 6) is 0.928. The largest absolute Gasteiger partial charge is 0.468 e. The molecule has 1 N–H and O–H groups in total. The number of hydrogen-bond acceptors (Lipinski definition) is 4. The van der Waals surface area contributed by atoms with Gasteiger partial charge in [-0.25, -0.2) is 0 Å². The maximum atomic E-state index is 11.6. The Balaban J connectivity index is 4.20. The van der Waals surface area contributed by atoms with Gasteiger partial charge in [-0.15, -0.1) is 0 Å². The Morgan fingerprint density at radius 2 is 2.20 bits per heavy atom. The van der Waals surface area contributed by atoms with Crippen LogP contribution in [0.15, 0.2) is 0 Å². The van der Waals surface area contributed by atoms with E-state index in [1.807, 2.05) is 6.92 Å². The molecule has 0 aromatic carbocycles. The molecular weight excluding hydrogens is 210 g/mol. The van der Waals surface area contributed by atoms with Gasteiger partial charge in [0.15, 0.2) is 0 Å². The Morgan fingerprint density at radius 3 is 2.67 bits per heavy atom. The third kappa shape index (κ3) is 5.42. The minimum atomic E-state index is -0.513. The zero-order chi connectivity index (χ0) is 11.7. The van der Waals surface area contributed by atoms with Crippen LogP contribution in [0.5, 0.6) is 0 Å². The van der Waals surface area contributed by atoms with Crippen molar-refractivity contribution in [3.05, 3.63) is 0 Å². The molecule has 4 heteroatoms. The zero-order valence-corrected chi connectivity index (χ0v) is 11.1. The third-order valence-electron chi connectivity index (χ3n) is 2.43. The van der Waals surface area contributed by atoms with Gasteiger partial charge < -0.3 is 10.1 Å². The summed E-state index contributed by atoms with van der Waals surface area (Å²) in [6.07, 6.45) is 4.97. The van der Waals surface area contributed by atoms with Crippen LogP contribution >= 0.6 is 11.8 Å². The number of thioether (sulfide) groups is 1. The number of carbonyl (C=O) groups excluding carboxylic acids is 1. The molecule has 1 atom stereocenters. The van der Waals surface area contributed by atoms with E-state index in [-0.39, 0.29) is 5.97 Å². The van der Waals surface area contributed by atoms with Gasteiger partial charge in [-0.2, -0.15) is 11.8 Å². The lowest BCUT2D eigenvalue weighted by Crippen LogP contribution is -2.50. The van der Waals surface area contributed by atoms with E-state index in [4.69, 9.17) is 4.74 Å². The first kappa shape index (κ1) is 14.8. The fourth-order valence-electron chi connectivity index (χ4n) is 1.46. The second-order valence-electron chi connectivity index (χ2n) is 3.85. The molecular formula is C11H23NO2S. The SMILES string of the molecule is CCCNC(C)(CCCSC)C(=O)OC. The van der Waals surface area contributed by atoms with Crippen molar-refractivity contribution in [2.75, 3.05) is 25.7 Å². The van der Waals surface area contributed by atoms with Crippen molar-refractivity contribution in [2.24, 2.45) is 0 Å². The molecule has 0 aliphatic heterocycles. The molecule has 0 aliphatic carbocycles. The van der Waals surface area contributed by atoms with Gasteiger partial charge in [0, 0.05) is 0 Å². The van der Waals surface area contributed by atoms with Crippen LogP contribution in [0.1, 0.15) is 33.1 Å². The molecule has 0 fully saturated rings. The van der Waals surface area contributed by atoms with Crippen molar-refractivity contribution in [1.82, 2.24) is 5.32 Å². The number of esters is 1. The van der Waals surface area contributed by atoms with Gasteiger partial charge in [-0.3, -0.25) is 4.79 Å². The van der Waals surface area contributed by atoms with Crippen molar-refractivity contribution in [3.8, 4) is 0 Å². The quantitative estimate of drug-likeness (QED) is 0.514. The second kappa shape index (κ2) is 7.99. The summed E-state index contributed by atoms with van der Waals surface area (Å²) in [7, 11) is 1.45. The molecule has 0 amide bonds. The van der Waals surface area contributed by atoms with E-state index in [1.165, 1.54) is 7.11 Å². The molecule has 0 bridgehead atoms. The molecule has 3 nitrogen and oxygen atoms in total. The van der Waals surface area contributed by atoms with Crippen LogP contribution in [0.3, 0.4) is 0 Å². The average molecular weight is 233 g/mol. The highest BCUT2D eigenvalue weighted by molar-refractivity contribution is 7.98. The fourth-order valence-corrected chi connectivity index (χ4v) is 1.89. The lowest BCUT2D eigenvalue weighted by Gasteiger charge is -2.27. The summed E-state index contributed by atoms with van der Waals surface area (Å²) in [6.45, 7) is 4.87. The van der Waals surface area contributed by atoms with Crippen LogP contribution in [-0.2, 0) is 9.53 Å². The van der Waals surface area contributed by atoms with Gasteiger partial charge >= 0.3 is 5.97 Å². The predicted molar refractivity (Wildman–Crippen MR) is 66.3 cm³/mol. The Morgan fingerprint density at radius 1 is 1.53 bits per heavy atom.